The van der Waals surface area contributed by atoms with E-state index in [-0.39, 0.29) is 10.9 Å². The van der Waals surface area contributed by atoms with Crippen LogP contribution in [0.3, 0.4) is 0 Å². The predicted molar refractivity (Wildman–Crippen MR) is 90.6 cm³/mol. The van der Waals surface area contributed by atoms with Crippen LogP contribution in [-0.2, 0) is 13.1 Å². The standard InChI is InChI=1S/C16H19N3O3S/c1-3-18(2)11-13-6-4-5-12(9-13)10-17-16(20)14-7-8-15(23-14)19(21)22/h4-9H,3,10-11H2,1-2H3,(H,17,20). The molecule has 2 aromatic rings. The monoisotopic (exact) mass is 333 g/mol. The number of carbonyl (C=O) groups excluding carboxylic acids is 1. The maximum atomic E-state index is 12.0. The van der Waals surface area contributed by atoms with Gasteiger partial charge in [-0.05, 0) is 30.8 Å². The first-order chi connectivity index (χ1) is 11.0. The van der Waals surface area contributed by atoms with Crippen molar-refractivity contribution in [2.24, 2.45) is 0 Å². The van der Waals surface area contributed by atoms with Crippen LogP contribution in [0.4, 0.5) is 5.00 Å². The Bertz CT molecular complexity index is 699. The maximum absolute atomic E-state index is 12.0. The number of hydrogen-bond acceptors (Lipinski definition) is 5. The minimum absolute atomic E-state index is 0.0280. The maximum Gasteiger partial charge on any atom is 0.324 e. The molecule has 7 heteroatoms. The topological polar surface area (TPSA) is 75.5 Å². The van der Waals surface area contributed by atoms with Crippen LogP contribution < -0.4 is 5.32 Å². The molecule has 0 aliphatic rings. The molecule has 1 aromatic heterocycles. The van der Waals surface area contributed by atoms with Gasteiger partial charge in [0.15, 0.2) is 0 Å². The number of nitrogens with zero attached hydrogens (tertiary/aromatic N) is 2. The van der Waals surface area contributed by atoms with Gasteiger partial charge in [-0.3, -0.25) is 14.9 Å². The Morgan fingerprint density at radius 3 is 2.70 bits per heavy atom. The van der Waals surface area contributed by atoms with E-state index in [1.807, 2.05) is 12.1 Å². The molecule has 0 radical (unpaired) electrons. The lowest BCUT2D eigenvalue weighted by atomic mass is 10.1. The van der Waals surface area contributed by atoms with E-state index in [2.05, 4.69) is 36.3 Å². The molecule has 1 heterocycles. The van der Waals surface area contributed by atoms with E-state index < -0.39 is 4.92 Å². The van der Waals surface area contributed by atoms with Gasteiger partial charge in [0.1, 0.15) is 0 Å². The van der Waals surface area contributed by atoms with Gasteiger partial charge in [-0.15, -0.1) is 0 Å². The molecule has 0 aliphatic heterocycles. The SMILES string of the molecule is CCN(C)Cc1cccc(CNC(=O)c2ccc([N+](=O)[O-])s2)c1. The summed E-state index contributed by atoms with van der Waals surface area (Å²) in [6.45, 7) is 4.33. The number of benzene rings is 1. The first-order valence-electron chi connectivity index (χ1n) is 7.28. The van der Waals surface area contributed by atoms with E-state index in [4.69, 9.17) is 0 Å². The summed E-state index contributed by atoms with van der Waals surface area (Å²) in [7, 11) is 2.05. The van der Waals surface area contributed by atoms with Gasteiger partial charge in [0, 0.05) is 19.2 Å². The van der Waals surface area contributed by atoms with Crippen molar-refractivity contribution < 1.29 is 9.72 Å². The Labute approximate surface area is 138 Å². The highest BCUT2D eigenvalue weighted by molar-refractivity contribution is 7.17. The first-order valence-corrected chi connectivity index (χ1v) is 8.10. The van der Waals surface area contributed by atoms with Gasteiger partial charge in [0.05, 0.1) is 9.80 Å². The van der Waals surface area contributed by atoms with Gasteiger partial charge in [-0.1, -0.05) is 42.5 Å². The zero-order valence-corrected chi connectivity index (χ0v) is 13.9. The highest BCUT2D eigenvalue weighted by atomic mass is 32.1. The van der Waals surface area contributed by atoms with E-state index in [9.17, 15) is 14.9 Å². The van der Waals surface area contributed by atoms with E-state index >= 15 is 0 Å². The molecule has 0 spiro atoms. The van der Waals surface area contributed by atoms with Gasteiger partial charge in [-0.2, -0.15) is 0 Å². The van der Waals surface area contributed by atoms with Crippen LogP contribution in [0.2, 0.25) is 0 Å². The van der Waals surface area contributed by atoms with E-state index in [1.54, 1.807) is 0 Å². The minimum Gasteiger partial charge on any atom is -0.347 e. The van der Waals surface area contributed by atoms with Crippen LogP contribution >= 0.6 is 11.3 Å². The molecule has 2 rings (SSSR count). The number of nitrogens with one attached hydrogen (secondary N) is 1. The lowest BCUT2D eigenvalue weighted by Gasteiger charge is -2.14. The van der Waals surface area contributed by atoms with Crippen LogP contribution in [0, 0.1) is 10.1 Å². The molecule has 0 atom stereocenters. The molecule has 0 saturated carbocycles. The molecule has 0 aliphatic carbocycles. The fourth-order valence-corrected chi connectivity index (χ4v) is 2.82. The second-order valence-corrected chi connectivity index (χ2v) is 6.29. The predicted octanol–water partition coefficient (Wildman–Crippen LogP) is 3.04. The molecule has 122 valence electrons. The van der Waals surface area contributed by atoms with Crippen LogP contribution in [0.5, 0.6) is 0 Å². The molecule has 0 fully saturated rings. The molecule has 0 unspecified atom stereocenters. The Hall–Kier alpha value is -2.25. The summed E-state index contributed by atoms with van der Waals surface area (Å²) in [4.78, 5) is 24.7. The van der Waals surface area contributed by atoms with Crippen molar-refractivity contribution in [3.63, 3.8) is 0 Å². The highest BCUT2D eigenvalue weighted by Crippen LogP contribution is 2.23. The fourth-order valence-electron chi connectivity index (χ4n) is 2.08. The fraction of sp³-hybridized carbons (Fsp3) is 0.312. The molecular formula is C16H19N3O3S. The third kappa shape index (κ3) is 4.87. The van der Waals surface area contributed by atoms with Crippen LogP contribution in [0.25, 0.3) is 0 Å². The van der Waals surface area contributed by atoms with Crippen molar-refractivity contribution in [3.8, 4) is 0 Å². The van der Waals surface area contributed by atoms with E-state index in [0.29, 0.717) is 11.4 Å². The third-order valence-corrected chi connectivity index (χ3v) is 4.47. The first kappa shape index (κ1) is 17.1. The largest absolute Gasteiger partial charge is 0.347 e. The van der Waals surface area contributed by atoms with Crippen LogP contribution in [0.15, 0.2) is 36.4 Å². The van der Waals surface area contributed by atoms with Gasteiger partial charge in [0.2, 0.25) is 0 Å². The zero-order valence-electron chi connectivity index (χ0n) is 13.1. The second-order valence-electron chi connectivity index (χ2n) is 5.23. The van der Waals surface area contributed by atoms with Crippen LogP contribution in [0.1, 0.15) is 27.7 Å². The summed E-state index contributed by atoms with van der Waals surface area (Å²) in [6.07, 6.45) is 0. The van der Waals surface area contributed by atoms with Gasteiger partial charge in [0.25, 0.3) is 5.91 Å². The van der Waals surface area contributed by atoms with Crippen molar-refractivity contribution >= 4 is 22.2 Å². The molecule has 0 saturated heterocycles. The van der Waals surface area contributed by atoms with Crippen molar-refractivity contribution in [2.75, 3.05) is 13.6 Å². The normalized spacial score (nSPS) is 10.7. The van der Waals surface area contributed by atoms with Gasteiger partial charge in [-0.25, -0.2) is 0 Å². The minimum atomic E-state index is -0.491. The number of carbonyl (C=O) groups is 1. The Morgan fingerprint density at radius 1 is 1.30 bits per heavy atom. The summed E-state index contributed by atoms with van der Waals surface area (Å²) in [5.41, 5.74) is 2.19. The van der Waals surface area contributed by atoms with Crippen molar-refractivity contribution in [3.05, 3.63) is 62.5 Å². The molecule has 6 nitrogen and oxygen atoms in total. The van der Waals surface area contributed by atoms with Crippen LogP contribution in [-0.4, -0.2) is 29.3 Å². The summed E-state index contributed by atoms with van der Waals surface area (Å²) < 4.78 is 0. The molecule has 1 aromatic carbocycles. The number of nitro groups is 1. The van der Waals surface area contributed by atoms with Gasteiger partial charge < -0.3 is 10.2 Å². The smallest absolute Gasteiger partial charge is 0.324 e. The van der Waals surface area contributed by atoms with E-state index in [1.165, 1.54) is 17.7 Å². The van der Waals surface area contributed by atoms with E-state index in [0.717, 1.165) is 30.0 Å². The average molecular weight is 333 g/mol. The average Bonchev–Trinajstić information content (AvgIpc) is 3.03. The lowest BCUT2D eigenvalue weighted by Crippen LogP contribution is -2.22. The summed E-state index contributed by atoms with van der Waals surface area (Å²) >= 11 is 0.881. The number of amides is 1. The third-order valence-electron chi connectivity index (χ3n) is 3.43. The lowest BCUT2D eigenvalue weighted by molar-refractivity contribution is -0.380. The second kappa shape index (κ2) is 7.85. The quantitative estimate of drug-likeness (QED) is 0.624. The number of rotatable bonds is 7. The highest BCUT2D eigenvalue weighted by Gasteiger charge is 2.14. The molecule has 23 heavy (non-hydrogen) atoms. The summed E-state index contributed by atoms with van der Waals surface area (Å²) in [6, 6.07) is 10.9. The van der Waals surface area contributed by atoms with Crippen molar-refractivity contribution in [1.82, 2.24) is 10.2 Å². The molecule has 0 bridgehead atoms. The Morgan fingerprint density at radius 2 is 2.04 bits per heavy atom. The van der Waals surface area contributed by atoms with Crippen molar-refractivity contribution in [1.29, 1.82) is 0 Å². The Kier molecular flexibility index (Phi) is 5.84. The number of thiophene rings is 1. The Balaban J connectivity index is 1.95. The molecular weight excluding hydrogens is 314 g/mol. The zero-order chi connectivity index (χ0) is 16.8. The van der Waals surface area contributed by atoms with Crippen molar-refractivity contribution in [2.45, 2.75) is 20.0 Å². The summed E-state index contributed by atoms with van der Waals surface area (Å²) in [5, 5.41) is 13.4. The number of hydrogen-bond donors (Lipinski definition) is 1. The molecule has 1 amide bonds. The summed E-state index contributed by atoms with van der Waals surface area (Å²) in [5.74, 6) is -0.292. The van der Waals surface area contributed by atoms with Gasteiger partial charge >= 0.3 is 5.00 Å². The molecule has 1 N–H and O–H groups in total.